The van der Waals surface area contributed by atoms with Gasteiger partial charge in [-0.3, -0.25) is 19.1 Å². The van der Waals surface area contributed by atoms with Crippen molar-refractivity contribution in [2.75, 3.05) is 19.6 Å². The van der Waals surface area contributed by atoms with Crippen LogP contribution in [0.15, 0.2) is 35.4 Å². The number of nitrogens with one attached hydrogen (secondary N) is 1. The number of fused-ring (bicyclic) bond motifs is 4. The normalized spacial score (nSPS) is 22.7. The average molecular weight is 412 g/mol. The number of aromatic nitrogens is 3. The minimum Gasteiger partial charge on any atom is -0.354 e. The van der Waals surface area contributed by atoms with Crippen LogP contribution in [0.3, 0.4) is 0 Å². The Bertz CT molecular complexity index is 1010. The lowest BCUT2D eigenvalue weighted by molar-refractivity contribution is -0.135. The molecule has 8 heteroatoms. The molecule has 4 rings (SSSR count). The number of nitrogens with zero attached hydrogens (tertiary/aromatic N) is 4. The number of hydrogen-bond acceptors (Lipinski definition) is 4. The summed E-state index contributed by atoms with van der Waals surface area (Å²) in [4.78, 5) is 39.7. The Balaban J connectivity index is 1.58. The molecule has 0 unspecified atom stereocenters. The lowest BCUT2D eigenvalue weighted by atomic mass is 9.78. The molecule has 0 aromatic carbocycles. The second-order valence-corrected chi connectivity index (χ2v) is 8.83. The molecule has 2 aromatic heterocycles. The van der Waals surface area contributed by atoms with Crippen molar-refractivity contribution in [2.24, 2.45) is 11.8 Å². The van der Waals surface area contributed by atoms with Crippen molar-refractivity contribution in [1.82, 2.24) is 24.6 Å². The van der Waals surface area contributed by atoms with Gasteiger partial charge in [-0.1, -0.05) is 19.9 Å². The summed E-state index contributed by atoms with van der Waals surface area (Å²) in [6.45, 7) is 7.44. The van der Waals surface area contributed by atoms with Crippen molar-refractivity contribution in [3.8, 4) is 0 Å². The minimum absolute atomic E-state index is 0.0274. The van der Waals surface area contributed by atoms with Crippen LogP contribution in [0.25, 0.3) is 0 Å². The van der Waals surface area contributed by atoms with Crippen molar-refractivity contribution in [3.05, 3.63) is 52.2 Å². The van der Waals surface area contributed by atoms with E-state index in [0.29, 0.717) is 19.6 Å². The Morgan fingerprint density at radius 2 is 2.07 bits per heavy atom. The molecule has 0 radical (unpaired) electrons. The van der Waals surface area contributed by atoms with Crippen LogP contribution in [-0.2, 0) is 16.1 Å². The molecule has 2 aliphatic heterocycles. The summed E-state index contributed by atoms with van der Waals surface area (Å²) in [7, 11) is 0. The predicted molar refractivity (Wildman–Crippen MR) is 112 cm³/mol. The van der Waals surface area contributed by atoms with Crippen molar-refractivity contribution < 1.29 is 9.59 Å². The number of carbonyl (C=O) groups is 2. The molecule has 1 fully saturated rings. The average Bonchev–Trinajstić information content (AvgIpc) is 3.12. The fourth-order valence-corrected chi connectivity index (χ4v) is 4.71. The highest BCUT2D eigenvalue weighted by Crippen LogP contribution is 2.40. The molecule has 2 bridgehead atoms. The first-order valence-corrected chi connectivity index (χ1v) is 10.6. The molecule has 0 aliphatic carbocycles. The van der Waals surface area contributed by atoms with Crippen LogP contribution in [0.2, 0.25) is 0 Å². The molecular weight excluding hydrogens is 382 g/mol. The van der Waals surface area contributed by atoms with Gasteiger partial charge in [0.2, 0.25) is 11.8 Å². The maximum Gasteiger partial charge on any atom is 0.251 e. The van der Waals surface area contributed by atoms with Crippen LogP contribution in [0.4, 0.5) is 0 Å². The van der Waals surface area contributed by atoms with Crippen LogP contribution in [0.1, 0.15) is 43.5 Å². The molecule has 1 saturated heterocycles. The maximum atomic E-state index is 13.0. The van der Waals surface area contributed by atoms with E-state index in [0.717, 1.165) is 17.7 Å². The number of rotatable bonds is 5. The van der Waals surface area contributed by atoms with Crippen molar-refractivity contribution >= 4 is 11.8 Å². The van der Waals surface area contributed by atoms with Crippen LogP contribution < -0.4 is 10.9 Å². The molecule has 8 nitrogen and oxygen atoms in total. The van der Waals surface area contributed by atoms with E-state index in [-0.39, 0.29) is 47.7 Å². The van der Waals surface area contributed by atoms with E-state index in [2.05, 4.69) is 10.4 Å². The van der Waals surface area contributed by atoms with Crippen LogP contribution in [-0.4, -0.2) is 50.7 Å². The van der Waals surface area contributed by atoms with E-state index in [1.54, 1.807) is 23.0 Å². The van der Waals surface area contributed by atoms with Crippen LogP contribution in [0, 0.1) is 18.8 Å². The van der Waals surface area contributed by atoms with Crippen LogP contribution >= 0.6 is 0 Å². The first-order valence-electron chi connectivity index (χ1n) is 10.6. The zero-order valence-corrected chi connectivity index (χ0v) is 17.7. The first kappa shape index (κ1) is 20.4. The van der Waals surface area contributed by atoms with Gasteiger partial charge in [-0.25, -0.2) is 0 Å². The summed E-state index contributed by atoms with van der Waals surface area (Å²) in [5, 5.41) is 7.22. The largest absolute Gasteiger partial charge is 0.354 e. The Kier molecular flexibility index (Phi) is 5.49. The minimum atomic E-state index is -0.157. The molecule has 0 spiro atoms. The second kappa shape index (κ2) is 8.08. The first-order chi connectivity index (χ1) is 14.3. The summed E-state index contributed by atoms with van der Waals surface area (Å²) in [6.07, 6.45) is 4.52. The molecule has 160 valence electrons. The van der Waals surface area contributed by atoms with Gasteiger partial charge < -0.3 is 14.8 Å². The Hall–Kier alpha value is -2.90. The summed E-state index contributed by atoms with van der Waals surface area (Å²) in [5.41, 5.74) is 1.93. The van der Waals surface area contributed by atoms with E-state index >= 15 is 0 Å². The third-order valence-corrected chi connectivity index (χ3v) is 6.22. The van der Waals surface area contributed by atoms with Crippen LogP contribution in [0.5, 0.6) is 0 Å². The van der Waals surface area contributed by atoms with E-state index in [9.17, 15) is 14.4 Å². The third-order valence-electron chi connectivity index (χ3n) is 6.22. The number of hydrogen-bond donors (Lipinski definition) is 1. The number of aryl methyl sites for hydroxylation is 1. The second-order valence-electron chi connectivity index (χ2n) is 8.83. The smallest absolute Gasteiger partial charge is 0.251 e. The van der Waals surface area contributed by atoms with Crippen molar-refractivity contribution in [3.63, 3.8) is 0 Å². The Morgan fingerprint density at radius 1 is 1.27 bits per heavy atom. The highest BCUT2D eigenvalue weighted by Gasteiger charge is 2.41. The number of pyridine rings is 1. The van der Waals surface area contributed by atoms with Gasteiger partial charge in [0.25, 0.3) is 5.56 Å². The molecule has 4 heterocycles. The van der Waals surface area contributed by atoms with Gasteiger partial charge in [0, 0.05) is 49.4 Å². The fraction of sp³-hybridized carbons (Fsp3) is 0.545. The molecule has 0 saturated carbocycles. The topological polar surface area (TPSA) is 89.2 Å². The molecule has 3 atom stereocenters. The third kappa shape index (κ3) is 3.91. The lowest BCUT2D eigenvalue weighted by Crippen LogP contribution is -2.53. The zero-order chi connectivity index (χ0) is 21.4. The van der Waals surface area contributed by atoms with Gasteiger partial charge in [0.15, 0.2) is 0 Å². The summed E-state index contributed by atoms with van der Waals surface area (Å²) < 4.78 is 3.51. The predicted octanol–water partition coefficient (Wildman–Crippen LogP) is 1.31. The molecule has 1 N–H and O–H groups in total. The van der Waals surface area contributed by atoms with Gasteiger partial charge in [-0.15, -0.1) is 0 Å². The highest BCUT2D eigenvalue weighted by molar-refractivity contribution is 5.78. The Labute approximate surface area is 175 Å². The zero-order valence-electron chi connectivity index (χ0n) is 17.7. The number of piperidine rings is 1. The molecule has 30 heavy (non-hydrogen) atoms. The lowest BCUT2D eigenvalue weighted by Gasteiger charge is -2.47. The Morgan fingerprint density at radius 3 is 2.77 bits per heavy atom. The standard InChI is InChI=1S/C22H29N5O3/c1-14(2)22(30)23-9-19-17-7-16(18-5-4-6-20(28)27(18)19)11-25(12-17)21(29)13-26-10-15(3)8-24-26/h4-6,8,10,14,16-17,19H,7,9,11-13H2,1-3H3,(H,23,30)/t16-,17+,19+/m1/s1. The molecule has 2 aromatic rings. The van der Waals surface area contributed by atoms with E-state index in [1.807, 2.05) is 42.5 Å². The summed E-state index contributed by atoms with van der Waals surface area (Å²) in [5.74, 6) is 0.130. The van der Waals surface area contributed by atoms with E-state index < -0.39 is 0 Å². The number of likely N-dealkylation sites (tertiary alicyclic amines) is 1. The van der Waals surface area contributed by atoms with Crippen molar-refractivity contribution in [2.45, 2.75) is 45.7 Å². The molecular formula is C22H29N5O3. The maximum absolute atomic E-state index is 13.0. The summed E-state index contributed by atoms with van der Waals surface area (Å²) >= 11 is 0. The van der Waals surface area contributed by atoms with Gasteiger partial charge in [0.05, 0.1) is 12.2 Å². The van der Waals surface area contributed by atoms with Gasteiger partial charge >= 0.3 is 0 Å². The van der Waals surface area contributed by atoms with E-state index in [1.165, 1.54) is 0 Å². The monoisotopic (exact) mass is 411 g/mol. The fourth-order valence-electron chi connectivity index (χ4n) is 4.71. The van der Waals surface area contributed by atoms with Gasteiger partial charge in [0.1, 0.15) is 6.54 Å². The van der Waals surface area contributed by atoms with Gasteiger partial charge in [-0.05, 0) is 30.9 Å². The van der Waals surface area contributed by atoms with Crippen molar-refractivity contribution in [1.29, 1.82) is 0 Å². The quantitative estimate of drug-likeness (QED) is 0.804. The summed E-state index contributed by atoms with van der Waals surface area (Å²) in [6, 6.07) is 5.18. The molecule has 2 aliphatic rings. The number of amides is 2. The highest BCUT2D eigenvalue weighted by atomic mass is 16.2. The molecule has 2 amide bonds. The van der Waals surface area contributed by atoms with E-state index in [4.69, 9.17) is 0 Å². The van der Waals surface area contributed by atoms with Gasteiger partial charge in [-0.2, -0.15) is 5.10 Å². The SMILES string of the molecule is Cc1cnn(CC(=O)N2C[C@H]3C[C@@H](C2)[C@H](CNC(=O)C(C)C)n2c3cccc2=O)c1. The number of carbonyl (C=O) groups excluding carboxylic acids is 2.